The van der Waals surface area contributed by atoms with Crippen molar-refractivity contribution in [2.45, 2.75) is 25.5 Å². The molecule has 0 fully saturated rings. The van der Waals surface area contributed by atoms with Crippen LogP contribution in [0.15, 0.2) is 54.9 Å². The van der Waals surface area contributed by atoms with E-state index in [0.29, 0.717) is 6.42 Å². The van der Waals surface area contributed by atoms with Crippen LogP contribution in [-0.2, 0) is 0 Å². The summed E-state index contributed by atoms with van der Waals surface area (Å²) in [6.45, 7) is 2.86. The van der Waals surface area contributed by atoms with Gasteiger partial charge in [0.2, 0.25) is 0 Å². The Hall–Kier alpha value is -1.88. The lowest BCUT2D eigenvalue weighted by molar-refractivity contribution is 0.123. The van der Waals surface area contributed by atoms with Gasteiger partial charge in [-0.1, -0.05) is 42.5 Å². The Bertz CT molecular complexity index is 773. The first-order valence-corrected chi connectivity index (χ1v) is 8.02. The zero-order valence-corrected chi connectivity index (χ0v) is 14.8. The molecule has 0 aliphatic heterocycles. The van der Waals surface area contributed by atoms with Crippen molar-refractivity contribution < 1.29 is 5.11 Å². The number of aromatic nitrogens is 2. The predicted octanol–water partition coefficient (Wildman–Crippen LogP) is 3.33. The molecule has 2 N–H and O–H groups in total. The quantitative estimate of drug-likeness (QED) is 0.720. The molecule has 3 rings (SSSR count). The van der Waals surface area contributed by atoms with Crippen molar-refractivity contribution in [2.24, 2.45) is 0 Å². The lowest BCUT2D eigenvalue weighted by Gasteiger charge is -2.26. The van der Waals surface area contributed by atoms with Gasteiger partial charge in [-0.15, -0.1) is 12.4 Å². The van der Waals surface area contributed by atoms with Crippen molar-refractivity contribution in [1.82, 2.24) is 14.9 Å². The summed E-state index contributed by atoms with van der Waals surface area (Å²) in [6, 6.07) is 16.1. The van der Waals surface area contributed by atoms with Gasteiger partial charge in [0, 0.05) is 0 Å². The van der Waals surface area contributed by atoms with Crippen molar-refractivity contribution in [3.8, 4) is 0 Å². The van der Waals surface area contributed by atoms with E-state index < -0.39 is 6.10 Å². The fraction of sp³-hybridized carbons (Fsp3) is 0.316. The lowest BCUT2D eigenvalue weighted by atomic mass is 9.98. The summed E-state index contributed by atoms with van der Waals surface area (Å²) in [6.07, 6.45) is 2.04. The Balaban J connectivity index is 0.00000208. The minimum Gasteiger partial charge on any atom is -0.391 e. The number of para-hydroxylation sites is 1. The number of aryl methyl sites for hydroxylation is 1. The van der Waals surface area contributed by atoms with Crippen LogP contribution in [0.4, 0.5) is 0 Å². The molecule has 2 atom stereocenters. The van der Waals surface area contributed by atoms with E-state index >= 15 is 0 Å². The van der Waals surface area contributed by atoms with Gasteiger partial charge in [-0.3, -0.25) is 0 Å². The minimum atomic E-state index is -0.484. The second-order valence-corrected chi connectivity index (χ2v) is 5.91. The van der Waals surface area contributed by atoms with Crippen LogP contribution in [0.25, 0.3) is 11.0 Å². The van der Waals surface area contributed by atoms with E-state index in [9.17, 15) is 5.11 Å². The van der Waals surface area contributed by atoms with Crippen molar-refractivity contribution in [2.75, 3.05) is 13.6 Å². The average molecular weight is 346 g/mol. The molecule has 0 spiro atoms. The van der Waals surface area contributed by atoms with Gasteiger partial charge in [-0.05, 0) is 44.1 Å². The van der Waals surface area contributed by atoms with Crippen LogP contribution in [0.2, 0.25) is 0 Å². The molecular formula is C19H24ClN3O. The molecule has 0 radical (unpaired) electrons. The molecule has 0 bridgehead atoms. The van der Waals surface area contributed by atoms with Crippen molar-refractivity contribution in [3.63, 3.8) is 0 Å². The van der Waals surface area contributed by atoms with Crippen molar-refractivity contribution in [3.05, 3.63) is 66.0 Å². The molecule has 0 aliphatic carbocycles. The Morgan fingerprint density at radius 2 is 1.88 bits per heavy atom. The molecule has 0 amide bonds. The number of nitrogens with one attached hydrogen (secondary N) is 1. The minimum absolute atomic E-state index is 0. The van der Waals surface area contributed by atoms with Gasteiger partial charge < -0.3 is 15.0 Å². The number of aliphatic hydroxyl groups is 1. The summed E-state index contributed by atoms with van der Waals surface area (Å²) >= 11 is 0. The molecule has 0 aliphatic rings. The number of hydrogen-bond donors (Lipinski definition) is 2. The zero-order chi connectivity index (χ0) is 16.2. The fourth-order valence-electron chi connectivity index (χ4n) is 3.15. The van der Waals surface area contributed by atoms with Gasteiger partial charge in [0.25, 0.3) is 0 Å². The van der Waals surface area contributed by atoms with E-state index in [2.05, 4.69) is 40.0 Å². The van der Waals surface area contributed by atoms with E-state index in [1.807, 2.05) is 43.7 Å². The summed E-state index contributed by atoms with van der Waals surface area (Å²) in [7, 11) is 1.90. The number of aliphatic hydroxyl groups excluding tert-OH is 1. The van der Waals surface area contributed by atoms with Gasteiger partial charge in [0.15, 0.2) is 0 Å². The number of rotatable bonds is 6. The third-order valence-corrected chi connectivity index (χ3v) is 4.29. The van der Waals surface area contributed by atoms with Crippen LogP contribution in [0.1, 0.15) is 23.6 Å². The summed E-state index contributed by atoms with van der Waals surface area (Å²) in [5.74, 6) is 0. The maximum absolute atomic E-state index is 10.8. The molecule has 2 aromatic carbocycles. The van der Waals surface area contributed by atoms with E-state index in [0.717, 1.165) is 23.1 Å². The maximum atomic E-state index is 10.8. The molecule has 0 saturated carbocycles. The zero-order valence-electron chi connectivity index (χ0n) is 14.0. The van der Waals surface area contributed by atoms with E-state index in [1.54, 1.807) is 0 Å². The molecular weight excluding hydrogens is 322 g/mol. The highest BCUT2D eigenvalue weighted by Gasteiger charge is 2.24. The maximum Gasteiger partial charge on any atom is 0.0965 e. The Morgan fingerprint density at radius 3 is 2.58 bits per heavy atom. The van der Waals surface area contributed by atoms with Crippen LogP contribution >= 0.6 is 12.4 Å². The summed E-state index contributed by atoms with van der Waals surface area (Å²) in [5, 5.41) is 13.9. The molecule has 24 heavy (non-hydrogen) atoms. The molecule has 5 heteroatoms. The molecule has 0 saturated heterocycles. The molecule has 0 unspecified atom stereocenters. The van der Waals surface area contributed by atoms with E-state index in [1.165, 1.54) is 5.56 Å². The fourth-order valence-corrected chi connectivity index (χ4v) is 3.15. The number of fused-ring (bicyclic) bond motifs is 1. The first-order valence-electron chi connectivity index (χ1n) is 8.02. The summed E-state index contributed by atoms with van der Waals surface area (Å²) < 4.78 is 2.11. The monoisotopic (exact) mass is 345 g/mol. The highest BCUT2D eigenvalue weighted by molar-refractivity contribution is 5.85. The van der Waals surface area contributed by atoms with Crippen LogP contribution in [0, 0.1) is 6.92 Å². The topological polar surface area (TPSA) is 50.1 Å². The number of imidazole rings is 1. The highest BCUT2D eigenvalue weighted by atomic mass is 35.5. The van der Waals surface area contributed by atoms with E-state index in [-0.39, 0.29) is 18.4 Å². The highest BCUT2D eigenvalue weighted by Crippen LogP contribution is 2.29. The van der Waals surface area contributed by atoms with Gasteiger partial charge >= 0.3 is 0 Å². The van der Waals surface area contributed by atoms with Crippen LogP contribution < -0.4 is 5.32 Å². The Morgan fingerprint density at radius 1 is 1.12 bits per heavy atom. The van der Waals surface area contributed by atoms with Crippen LogP contribution in [-0.4, -0.2) is 34.4 Å². The van der Waals surface area contributed by atoms with Gasteiger partial charge in [-0.25, -0.2) is 4.98 Å². The summed E-state index contributed by atoms with van der Waals surface area (Å²) in [4.78, 5) is 4.52. The second-order valence-electron chi connectivity index (χ2n) is 5.91. The Kier molecular flexibility index (Phi) is 6.37. The second kappa shape index (κ2) is 8.29. The summed E-state index contributed by atoms with van der Waals surface area (Å²) in [5.41, 5.74) is 4.32. The molecule has 3 aromatic rings. The molecule has 128 valence electrons. The number of halogens is 1. The normalized spacial score (nSPS) is 13.5. The van der Waals surface area contributed by atoms with Crippen molar-refractivity contribution in [1.29, 1.82) is 0 Å². The van der Waals surface area contributed by atoms with Crippen LogP contribution in [0.3, 0.4) is 0 Å². The predicted molar refractivity (Wildman–Crippen MR) is 101 cm³/mol. The largest absolute Gasteiger partial charge is 0.391 e. The lowest BCUT2D eigenvalue weighted by Crippen LogP contribution is -2.28. The van der Waals surface area contributed by atoms with Crippen molar-refractivity contribution >= 4 is 23.4 Å². The number of benzene rings is 2. The Labute approximate surface area is 148 Å². The third-order valence-electron chi connectivity index (χ3n) is 4.29. The molecule has 1 heterocycles. The number of nitrogens with zero attached hydrogens (tertiary/aromatic N) is 2. The average Bonchev–Trinajstić information content (AvgIpc) is 2.99. The van der Waals surface area contributed by atoms with Gasteiger partial charge in [0.1, 0.15) is 0 Å². The van der Waals surface area contributed by atoms with Gasteiger partial charge in [-0.2, -0.15) is 0 Å². The first kappa shape index (κ1) is 18.5. The molecule has 4 nitrogen and oxygen atoms in total. The smallest absolute Gasteiger partial charge is 0.0965 e. The standard InChI is InChI=1S/C19H23N3O.ClH/c1-14-7-6-10-16-18(14)22(13-21-16)19(17(23)11-12-20-2)15-8-4-3-5-9-15;/h3-10,13,17,19-20,23H,11-12H2,1-2H3;1H/t17-,19-;/m1./s1. The van der Waals surface area contributed by atoms with Gasteiger partial charge in [0.05, 0.1) is 29.5 Å². The first-order chi connectivity index (χ1) is 11.2. The van der Waals surface area contributed by atoms with Crippen LogP contribution in [0.5, 0.6) is 0 Å². The SMILES string of the molecule is CNCC[C@@H](O)[C@@H](c1ccccc1)n1cnc2cccc(C)c21.Cl. The number of hydrogen-bond acceptors (Lipinski definition) is 3. The third kappa shape index (κ3) is 3.61. The van der Waals surface area contributed by atoms with E-state index in [4.69, 9.17) is 0 Å². The molecule has 1 aromatic heterocycles.